The number of carbonyl (C=O) groups excluding carboxylic acids is 1. The van der Waals surface area contributed by atoms with Crippen molar-refractivity contribution in [2.75, 3.05) is 25.0 Å². The highest BCUT2D eigenvalue weighted by atomic mass is 32.1. The fourth-order valence-electron chi connectivity index (χ4n) is 4.10. The molecule has 1 saturated heterocycles. The number of carbonyl (C=O) groups is 1. The summed E-state index contributed by atoms with van der Waals surface area (Å²) in [6.45, 7) is 6.20. The van der Waals surface area contributed by atoms with Gasteiger partial charge in [0, 0.05) is 19.0 Å². The molecule has 216 valence electrons. The number of nitrogens with two attached hydrogens (primary N) is 1. The number of rotatable bonds is 9. The Kier molecular flexibility index (Phi) is 8.49. The Labute approximate surface area is 232 Å². The van der Waals surface area contributed by atoms with Crippen molar-refractivity contribution in [3.05, 3.63) is 41.4 Å². The number of halogens is 4. The van der Waals surface area contributed by atoms with Crippen molar-refractivity contribution in [2.24, 2.45) is 10.7 Å². The Morgan fingerprint density at radius 2 is 2.10 bits per heavy atom. The third-order valence-electron chi connectivity index (χ3n) is 6.09. The van der Waals surface area contributed by atoms with Gasteiger partial charge in [0.05, 0.1) is 45.9 Å². The molecule has 0 spiro atoms. The van der Waals surface area contributed by atoms with Gasteiger partial charge in [-0.3, -0.25) is 9.79 Å². The van der Waals surface area contributed by atoms with Gasteiger partial charge in [-0.25, -0.2) is 4.39 Å². The van der Waals surface area contributed by atoms with Crippen LogP contribution >= 0.6 is 11.3 Å². The molecule has 5 N–H and O–H groups in total. The predicted molar refractivity (Wildman–Crippen MR) is 147 cm³/mol. The van der Waals surface area contributed by atoms with Gasteiger partial charge in [0.15, 0.2) is 0 Å². The number of hydrogen-bond donors (Lipinski definition) is 4. The van der Waals surface area contributed by atoms with Crippen LogP contribution in [-0.4, -0.2) is 59.3 Å². The van der Waals surface area contributed by atoms with E-state index in [2.05, 4.69) is 31.1 Å². The number of fused-ring (bicyclic) bond motifs is 1. The summed E-state index contributed by atoms with van der Waals surface area (Å²) in [5.41, 5.74) is 4.33. The quantitative estimate of drug-likeness (QED) is 0.166. The molecule has 9 nitrogen and oxygen atoms in total. The molecule has 1 fully saturated rings. The van der Waals surface area contributed by atoms with Crippen molar-refractivity contribution in [1.82, 2.24) is 20.8 Å². The first-order chi connectivity index (χ1) is 18.8. The maximum atomic E-state index is 14.9. The van der Waals surface area contributed by atoms with Gasteiger partial charge in [-0.05, 0) is 50.8 Å². The monoisotopic (exact) mass is 581 g/mol. The maximum Gasteiger partial charge on any atom is 0.393 e. The average Bonchev–Trinajstić information content (AvgIpc) is 3.60. The van der Waals surface area contributed by atoms with Gasteiger partial charge >= 0.3 is 6.18 Å². The molecule has 1 aliphatic heterocycles. The molecule has 1 amide bonds. The second kappa shape index (κ2) is 11.5. The number of aromatic nitrogens is 2. The number of aliphatic imine (C=N–C) groups is 1. The molecule has 3 heterocycles. The van der Waals surface area contributed by atoms with Crippen LogP contribution in [0.1, 0.15) is 38.6 Å². The van der Waals surface area contributed by atoms with E-state index in [0.717, 1.165) is 17.5 Å². The Hall–Kier alpha value is -3.52. The van der Waals surface area contributed by atoms with Crippen LogP contribution in [0.4, 0.5) is 23.2 Å². The Morgan fingerprint density at radius 3 is 2.75 bits per heavy atom. The molecule has 14 heteroatoms. The number of hydrogen-bond acceptors (Lipinski definition) is 9. The highest BCUT2D eigenvalue weighted by Gasteiger charge is 2.35. The normalized spacial score (nSPS) is 18.6. The van der Waals surface area contributed by atoms with Crippen LogP contribution in [0.5, 0.6) is 0 Å². The summed E-state index contributed by atoms with van der Waals surface area (Å²) in [7, 11) is 0. The molecule has 1 atom stereocenters. The summed E-state index contributed by atoms with van der Waals surface area (Å²) in [4.78, 5) is 21.2. The molecule has 1 aliphatic rings. The van der Waals surface area contributed by atoms with E-state index in [-0.39, 0.29) is 47.4 Å². The van der Waals surface area contributed by atoms with E-state index in [4.69, 9.17) is 10.3 Å². The topological polar surface area (TPSA) is 130 Å². The van der Waals surface area contributed by atoms with Gasteiger partial charge < -0.3 is 26.2 Å². The fraction of sp³-hybridized carbons (Fsp3) is 0.462. The summed E-state index contributed by atoms with van der Waals surface area (Å²) in [6, 6.07) is 4.92. The standard InChI is InChI=1S/C26H31F4N7O2S/c1-24(2,3)35-11-15(10-31)23(38)33-12-19-36-22(37-39-19)21-17(9-26(28,29)30)16-5-4-6-18(20(16)40-21)34-14-25(27)7-8-32-13-25/h4-6,10-11,32,34H,7-9,12-14,31H2,1-3H3,(H,33,38)/b15-10+,35-11?. The van der Waals surface area contributed by atoms with Crippen molar-refractivity contribution in [1.29, 1.82) is 0 Å². The summed E-state index contributed by atoms with van der Waals surface area (Å²) in [5, 5.41) is 12.9. The molecule has 0 bridgehead atoms. The molecule has 1 unspecified atom stereocenters. The van der Waals surface area contributed by atoms with Crippen molar-refractivity contribution >= 4 is 39.2 Å². The first kappa shape index (κ1) is 29.5. The minimum Gasteiger partial charge on any atom is -0.404 e. The summed E-state index contributed by atoms with van der Waals surface area (Å²) >= 11 is 1.06. The van der Waals surface area contributed by atoms with Gasteiger partial charge in [-0.2, -0.15) is 18.2 Å². The van der Waals surface area contributed by atoms with E-state index >= 15 is 0 Å². The van der Waals surface area contributed by atoms with Gasteiger partial charge in [0.2, 0.25) is 11.7 Å². The molecule has 0 saturated carbocycles. The number of nitrogens with zero attached hydrogens (tertiary/aromatic N) is 3. The Morgan fingerprint density at radius 1 is 1.32 bits per heavy atom. The number of thiophene rings is 1. The first-order valence-electron chi connectivity index (χ1n) is 12.6. The van der Waals surface area contributed by atoms with Gasteiger partial charge in [0.25, 0.3) is 5.91 Å². The smallest absolute Gasteiger partial charge is 0.393 e. The highest BCUT2D eigenvalue weighted by molar-refractivity contribution is 7.23. The maximum absolute atomic E-state index is 14.9. The lowest BCUT2D eigenvalue weighted by Gasteiger charge is -2.19. The molecule has 0 aliphatic carbocycles. The zero-order valence-electron chi connectivity index (χ0n) is 22.3. The SMILES string of the molecule is CC(C)(C)N=C/C(=C\N)C(=O)NCc1nc(-c2sc3c(NCC4(F)CCNC4)cccc3c2CC(F)(F)F)no1. The van der Waals surface area contributed by atoms with Crippen LogP contribution in [0.3, 0.4) is 0 Å². The molecular weight excluding hydrogens is 550 g/mol. The second-order valence-electron chi connectivity index (χ2n) is 10.6. The van der Waals surface area contributed by atoms with Crippen LogP contribution in [0, 0.1) is 0 Å². The second-order valence-corrected chi connectivity index (χ2v) is 11.6. The van der Waals surface area contributed by atoms with Crippen LogP contribution in [-0.2, 0) is 17.8 Å². The van der Waals surface area contributed by atoms with E-state index < -0.39 is 29.7 Å². The van der Waals surface area contributed by atoms with Crippen molar-refractivity contribution < 1.29 is 26.9 Å². The number of nitrogens with one attached hydrogen (secondary N) is 3. The fourth-order valence-corrected chi connectivity index (χ4v) is 5.34. The molecule has 40 heavy (non-hydrogen) atoms. The molecule has 1 aromatic carbocycles. The third kappa shape index (κ3) is 7.36. The van der Waals surface area contributed by atoms with Gasteiger partial charge in [-0.15, -0.1) is 11.3 Å². The number of anilines is 1. The van der Waals surface area contributed by atoms with E-state index in [0.29, 0.717) is 28.7 Å². The van der Waals surface area contributed by atoms with Gasteiger partial charge in [-0.1, -0.05) is 17.3 Å². The van der Waals surface area contributed by atoms with Crippen LogP contribution < -0.4 is 21.7 Å². The van der Waals surface area contributed by atoms with Crippen LogP contribution in [0.2, 0.25) is 0 Å². The van der Waals surface area contributed by atoms with Crippen LogP contribution in [0.15, 0.2) is 39.5 Å². The summed E-state index contributed by atoms with van der Waals surface area (Å²) in [5.74, 6) is -0.579. The first-order valence-corrected chi connectivity index (χ1v) is 13.4. The van der Waals surface area contributed by atoms with Crippen molar-refractivity contribution in [3.8, 4) is 10.7 Å². The Bertz CT molecular complexity index is 1420. The lowest BCUT2D eigenvalue weighted by Crippen LogP contribution is -2.34. The summed E-state index contributed by atoms with van der Waals surface area (Å²) in [6.07, 6.45) is -2.89. The zero-order valence-corrected chi connectivity index (χ0v) is 23.1. The molecule has 2 aromatic heterocycles. The van der Waals surface area contributed by atoms with Crippen molar-refractivity contribution in [2.45, 2.75) is 57.5 Å². The number of alkyl halides is 4. The minimum absolute atomic E-state index is 0.00299. The average molecular weight is 582 g/mol. The highest BCUT2D eigenvalue weighted by Crippen LogP contribution is 2.43. The molecule has 3 aromatic rings. The molecule has 0 radical (unpaired) electrons. The van der Waals surface area contributed by atoms with Crippen LogP contribution in [0.25, 0.3) is 20.8 Å². The zero-order chi connectivity index (χ0) is 29.1. The Balaban J connectivity index is 1.58. The lowest BCUT2D eigenvalue weighted by molar-refractivity contribution is -0.126. The summed E-state index contributed by atoms with van der Waals surface area (Å²) < 4.78 is 61.5. The van der Waals surface area contributed by atoms with E-state index in [1.807, 2.05) is 20.8 Å². The minimum atomic E-state index is -4.50. The largest absolute Gasteiger partial charge is 0.404 e. The van der Waals surface area contributed by atoms with Crippen molar-refractivity contribution in [3.63, 3.8) is 0 Å². The third-order valence-corrected chi connectivity index (χ3v) is 7.36. The van der Waals surface area contributed by atoms with E-state index in [9.17, 15) is 22.4 Å². The molecular formula is C26H31F4N7O2S. The predicted octanol–water partition coefficient (Wildman–Crippen LogP) is 4.50. The lowest BCUT2D eigenvalue weighted by atomic mass is 10.0. The molecule has 4 rings (SSSR count). The number of amides is 1. The number of benzene rings is 1. The van der Waals surface area contributed by atoms with E-state index in [1.165, 1.54) is 6.21 Å². The van der Waals surface area contributed by atoms with Gasteiger partial charge in [0.1, 0.15) is 5.67 Å². The van der Waals surface area contributed by atoms with E-state index in [1.54, 1.807) is 18.2 Å².